The first-order valence-corrected chi connectivity index (χ1v) is 6.73. The largest absolute Gasteiger partial charge is 0.457 e. The summed E-state index contributed by atoms with van der Waals surface area (Å²) in [6.45, 7) is 1.96. The van der Waals surface area contributed by atoms with Crippen LogP contribution in [0.25, 0.3) is 10.2 Å². The van der Waals surface area contributed by atoms with Crippen molar-refractivity contribution in [3.8, 4) is 11.5 Å². The van der Waals surface area contributed by atoms with Crippen LogP contribution >= 0.6 is 11.3 Å². The topological polar surface area (TPSA) is 65.3 Å². The Bertz CT molecular complexity index is 781. The van der Waals surface area contributed by atoms with E-state index in [0.717, 1.165) is 15.2 Å². The molecule has 0 aliphatic carbocycles. The highest BCUT2D eigenvalue weighted by Gasteiger charge is 2.06. The molecule has 100 valence electrons. The number of benzene rings is 2. The normalized spacial score (nSPS) is 10.7. The molecule has 3 aromatic rings. The fourth-order valence-electron chi connectivity index (χ4n) is 1.86. The van der Waals surface area contributed by atoms with Crippen LogP contribution < -0.4 is 4.74 Å². The van der Waals surface area contributed by atoms with Gasteiger partial charge in [0.15, 0.2) is 0 Å². The van der Waals surface area contributed by atoms with Crippen molar-refractivity contribution in [2.75, 3.05) is 0 Å². The molecule has 0 amide bonds. The van der Waals surface area contributed by atoms with Crippen molar-refractivity contribution in [1.29, 1.82) is 0 Å². The van der Waals surface area contributed by atoms with Crippen molar-refractivity contribution < 1.29 is 9.66 Å². The maximum absolute atomic E-state index is 10.6. The molecule has 5 nitrogen and oxygen atoms in total. The zero-order valence-corrected chi connectivity index (χ0v) is 11.4. The zero-order chi connectivity index (χ0) is 14.1. The number of hydrogen-bond acceptors (Lipinski definition) is 5. The summed E-state index contributed by atoms with van der Waals surface area (Å²) >= 11 is 1.60. The van der Waals surface area contributed by atoms with Crippen LogP contribution in [0.15, 0.2) is 42.5 Å². The second-order valence-corrected chi connectivity index (χ2v) is 5.45. The second kappa shape index (κ2) is 4.90. The Morgan fingerprint density at radius 1 is 1.15 bits per heavy atom. The van der Waals surface area contributed by atoms with Crippen LogP contribution in [0.1, 0.15) is 5.01 Å². The van der Waals surface area contributed by atoms with Gasteiger partial charge in [-0.15, -0.1) is 11.3 Å². The van der Waals surface area contributed by atoms with Crippen molar-refractivity contribution in [2.45, 2.75) is 6.92 Å². The van der Waals surface area contributed by atoms with Crippen molar-refractivity contribution in [1.82, 2.24) is 4.98 Å². The highest BCUT2D eigenvalue weighted by atomic mass is 32.1. The predicted molar refractivity (Wildman–Crippen MR) is 77.5 cm³/mol. The van der Waals surface area contributed by atoms with Crippen LogP contribution in [-0.2, 0) is 0 Å². The molecular weight excluding hydrogens is 276 g/mol. The first-order chi connectivity index (χ1) is 9.61. The Kier molecular flexibility index (Phi) is 3.08. The lowest BCUT2D eigenvalue weighted by Gasteiger charge is -2.04. The van der Waals surface area contributed by atoms with Gasteiger partial charge in [0.2, 0.25) is 0 Å². The van der Waals surface area contributed by atoms with Gasteiger partial charge in [-0.2, -0.15) is 0 Å². The number of fused-ring (bicyclic) bond motifs is 1. The number of thiazole rings is 1. The Labute approximate surface area is 118 Å². The molecule has 0 unspecified atom stereocenters. The van der Waals surface area contributed by atoms with Crippen molar-refractivity contribution in [3.63, 3.8) is 0 Å². The van der Waals surface area contributed by atoms with Crippen molar-refractivity contribution in [2.24, 2.45) is 0 Å². The maximum atomic E-state index is 10.6. The van der Waals surface area contributed by atoms with Gasteiger partial charge in [0.05, 0.1) is 20.1 Å². The van der Waals surface area contributed by atoms with Gasteiger partial charge in [-0.05, 0) is 31.2 Å². The molecule has 0 atom stereocenters. The number of hydrogen-bond donors (Lipinski definition) is 0. The number of rotatable bonds is 3. The Morgan fingerprint density at radius 3 is 2.55 bits per heavy atom. The van der Waals surface area contributed by atoms with Gasteiger partial charge >= 0.3 is 0 Å². The van der Waals surface area contributed by atoms with Gasteiger partial charge in [0, 0.05) is 18.2 Å². The fourth-order valence-corrected chi connectivity index (χ4v) is 2.71. The van der Waals surface area contributed by atoms with E-state index < -0.39 is 4.92 Å². The number of aromatic nitrogens is 1. The number of ether oxygens (including phenoxy) is 1. The average Bonchev–Trinajstić information content (AvgIpc) is 2.78. The van der Waals surface area contributed by atoms with E-state index in [4.69, 9.17) is 4.74 Å². The van der Waals surface area contributed by atoms with Gasteiger partial charge in [0.1, 0.15) is 11.5 Å². The lowest BCUT2D eigenvalue weighted by Crippen LogP contribution is -1.88. The zero-order valence-electron chi connectivity index (χ0n) is 10.6. The summed E-state index contributed by atoms with van der Waals surface area (Å²) in [5, 5.41) is 11.6. The Morgan fingerprint density at radius 2 is 1.85 bits per heavy atom. The van der Waals surface area contributed by atoms with Crippen LogP contribution in [-0.4, -0.2) is 9.91 Å². The quantitative estimate of drug-likeness (QED) is 0.531. The molecular formula is C14H10N2O3S. The maximum Gasteiger partial charge on any atom is 0.269 e. The van der Waals surface area contributed by atoms with Gasteiger partial charge < -0.3 is 4.74 Å². The van der Waals surface area contributed by atoms with Gasteiger partial charge in [-0.1, -0.05) is 0 Å². The molecule has 1 aromatic heterocycles. The minimum Gasteiger partial charge on any atom is -0.457 e. The predicted octanol–water partition coefficient (Wildman–Crippen LogP) is 4.31. The van der Waals surface area contributed by atoms with E-state index in [1.807, 2.05) is 25.1 Å². The molecule has 3 rings (SSSR count). The third kappa shape index (κ3) is 2.46. The molecule has 0 saturated heterocycles. The highest BCUT2D eigenvalue weighted by Crippen LogP contribution is 2.29. The Balaban J connectivity index is 1.86. The van der Waals surface area contributed by atoms with Gasteiger partial charge in [0.25, 0.3) is 5.69 Å². The summed E-state index contributed by atoms with van der Waals surface area (Å²) in [4.78, 5) is 14.5. The van der Waals surface area contributed by atoms with Gasteiger partial charge in [-0.25, -0.2) is 4.98 Å². The highest BCUT2D eigenvalue weighted by molar-refractivity contribution is 7.18. The average molecular weight is 286 g/mol. The van der Waals surface area contributed by atoms with Crippen LogP contribution in [0.3, 0.4) is 0 Å². The van der Waals surface area contributed by atoms with Crippen LogP contribution in [0.5, 0.6) is 11.5 Å². The molecule has 6 heteroatoms. The van der Waals surface area contributed by atoms with E-state index >= 15 is 0 Å². The van der Waals surface area contributed by atoms with E-state index in [0.29, 0.717) is 11.5 Å². The second-order valence-electron chi connectivity index (χ2n) is 4.22. The van der Waals surface area contributed by atoms with E-state index in [1.54, 1.807) is 23.5 Å². The van der Waals surface area contributed by atoms with E-state index in [-0.39, 0.29) is 5.69 Å². The number of aryl methyl sites for hydroxylation is 1. The molecule has 0 spiro atoms. The molecule has 0 saturated carbocycles. The van der Waals surface area contributed by atoms with Gasteiger partial charge in [-0.3, -0.25) is 10.1 Å². The molecule has 2 aromatic carbocycles. The van der Waals surface area contributed by atoms with Crippen LogP contribution in [0, 0.1) is 17.0 Å². The molecule has 1 heterocycles. The summed E-state index contributed by atoms with van der Waals surface area (Å²) in [7, 11) is 0. The first kappa shape index (κ1) is 12.6. The molecule has 0 fully saturated rings. The standard InChI is InChI=1S/C14H10N2O3S/c1-9-15-13-7-6-12(8-14(13)20-9)19-11-4-2-10(3-5-11)16(17)18/h2-8H,1H3. The van der Waals surface area contributed by atoms with E-state index in [1.165, 1.54) is 12.1 Å². The molecule has 20 heavy (non-hydrogen) atoms. The number of nitrogens with zero attached hydrogens (tertiary/aromatic N) is 2. The summed E-state index contributed by atoms with van der Waals surface area (Å²) in [6, 6.07) is 11.7. The SMILES string of the molecule is Cc1nc2ccc(Oc3ccc([N+](=O)[O-])cc3)cc2s1. The minimum absolute atomic E-state index is 0.0471. The summed E-state index contributed by atoms with van der Waals surface area (Å²) in [5.74, 6) is 1.26. The molecule has 0 aliphatic rings. The molecule has 0 bridgehead atoms. The van der Waals surface area contributed by atoms with Crippen molar-refractivity contribution >= 4 is 27.2 Å². The third-order valence-corrected chi connectivity index (χ3v) is 3.68. The third-order valence-electron chi connectivity index (χ3n) is 2.75. The molecule has 0 aliphatic heterocycles. The van der Waals surface area contributed by atoms with E-state index in [9.17, 15) is 10.1 Å². The molecule has 0 radical (unpaired) electrons. The number of non-ortho nitro benzene ring substituents is 1. The minimum atomic E-state index is -0.435. The Hall–Kier alpha value is -2.47. The molecule has 0 N–H and O–H groups in total. The monoisotopic (exact) mass is 286 g/mol. The number of nitro groups is 1. The van der Waals surface area contributed by atoms with Crippen LogP contribution in [0.4, 0.5) is 5.69 Å². The van der Waals surface area contributed by atoms with E-state index in [2.05, 4.69) is 4.98 Å². The summed E-state index contributed by atoms with van der Waals surface area (Å²) < 4.78 is 6.74. The lowest BCUT2D eigenvalue weighted by atomic mass is 10.3. The summed E-state index contributed by atoms with van der Waals surface area (Å²) in [6.07, 6.45) is 0. The first-order valence-electron chi connectivity index (χ1n) is 5.91. The fraction of sp³-hybridized carbons (Fsp3) is 0.0714. The lowest BCUT2D eigenvalue weighted by molar-refractivity contribution is -0.384. The smallest absolute Gasteiger partial charge is 0.269 e. The summed E-state index contributed by atoms with van der Waals surface area (Å²) in [5.41, 5.74) is 0.995. The van der Waals surface area contributed by atoms with Crippen LogP contribution in [0.2, 0.25) is 0 Å². The van der Waals surface area contributed by atoms with Crippen molar-refractivity contribution in [3.05, 3.63) is 57.6 Å². The number of nitro benzene ring substituents is 1.